The Bertz CT molecular complexity index is 673. The Balaban J connectivity index is 1.58. The van der Waals surface area contributed by atoms with Crippen LogP contribution in [0.25, 0.3) is 0 Å². The number of hydrogen-bond donors (Lipinski definition) is 0. The van der Waals surface area contributed by atoms with Crippen LogP contribution in [0.15, 0.2) is 36.5 Å². The molecule has 0 saturated carbocycles. The summed E-state index contributed by atoms with van der Waals surface area (Å²) in [5, 5.41) is 4.37. The highest BCUT2D eigenvalue weighted by Gasteiger charge is 2.23. The van der Waals surface area contributed by atoms with Gasteiger partial charge >= 0.3 is 0 Å². The topological polar surface area (TPSA) is 50.6 Å². The predicted molar refractivity (Wildman–Crippen MR) is 93.6 cm³/mol. The number of benzene rings is 1. The van der Waals surface area contributed by atoms with Crippen molar-refractivity contribution < 1.29 is 9.53 Å². The van der Waals surface area contributed by atoms with Gasteiger partial charge in [-0.05, 0) is 36.8 Å². The Morgan fingerprint density at radius 1 is 1.12 bits per heavy atom. The highest BCUT2D eigenvalue weighted by Crippen LogP contribution is 2.20. The second-order valence-corrected chi connectivity index (χ2v) is 5.94. The fourth-order valence-electron chi connectivity index (χ4n) is 2.95. The van der Waals surface area contributed by atoms with Crippen LogP contribution in [0.2, 0.25) is 0 Å². The molecule has 6 nitrogen and oxygen atoms in total. The smallest absolute Gasteiger partial charge is 0.274 e. The largest absolute Gasteiger partial charge is 0.497 e. The first-order valence-electron chi connectivity index (χ1n) is 8.43. The van der Waals surface area contributed by atoms with E-state index in [9.17, 15) is 4.79 Å². The molecule has 0 atom stereocenters. The van der Waals surface area contributed by atoms with Gasteiger partial charge in [0, 0.05) is 44.6 Å². The zero-order chi connectivity index (χ0) is 16.9. The summed E-state index contributed by atoms with van der Waals surface area (Å²) in [6, 6.07) is 9.86. The SMILES string of the molecule is CCCn1ccc(C(=O)N2CCN(c3ccc(OC)cc3)CC2)n1. The quantitative estimate of drug-likeness (QED) is 0.845. The summed E-state index contributed by atoms with van der Waals surface area (Å²) < 4.78 is 7.03. The summed E-state index contributed by atoms with van der Waals surface area (Å²) in [6.45, 7) is 6.03. The molecule has 128 valence electrons. The molecule has 1 aliphatic rings. The first-order chi connectivity index (χ1) is 11.7. The summed E-state index contributed by atoms with van der Waals surface area (Å²) >= 11 is 0. The van der Waals surface area contributed by atoms with Crippen LogP contribution in [0.1, 0.15) is 23.8 Å². The number of aryl methyl sites for hydroxylation is 1. The molecule has 1 aromatic carbocycles. The van der Waals surface area contributed by atoms with Crippen molar-refractivity contribution in [2.45, 2.75) is 19.9 Å². The maximum absolute atomic E-state index is 12.6. The second-order valence-electron chi connectivity index (χ2n) is 5.94. The molecular weight excluding hydrogens is 304 g/mol. The number of amides is 1. The number of ether oxygens (including phenoxy) is 1. The van der Waals surface area contributed by atoms with Crippen LogP contribution < -0.4 is 9.64 Å². The lowest BCUT2D eigenvalue weighted by molar-refractivity contribution is 0.0740. The van der Waals surface area contributed by atoms with E-state index in [4.69, 9.17) is 4.74 Å². The molecule has 1 fully saturated rings. The number of nitrogens with zero attached hydrogens (tertiary/aromatic N) is 4. The average molecular weight is 328 g/mol. The van der Waals surface area contributed by atoms with E-state index in [1.54, 1.807) is 7.11 Å². The fourth-order valence-corrected chi connectivity index (χ4v) is 2.95. The van der Waals surface area contributed by atoms with Crippen molar-refractivity contribution in [1.82, 2.24) is 14.7 Å². The van der Waals surface area contributed by atoms with Crippen molar-refractivity contribution >= 4 is 11.6 Å². The summed E-state index contributed by atoms with van der Waals surface area (Å²) in [5.41, 5.74) is 1.71. The lowest BCUT2D eigenvalue weighted by Gasteiger charge is -2.35. The minimum atomic E-state index is 0.0271. The third kappa shape index (κ3) is 3.53. The van der Waals surface area contributed by atoms with Gasteiger partial charge in [-0.25, -0.2) is 0 Å². The van der Waals surface area contributed by atoms with Gasteiger partial charge < -0.3 is 14.5 Å². The third-order valence-corrected chi connectivity index (χ3v) is 4.32. The average Bonchev–Trinajstić information content (AvgIpc) is 3.10. The lowest BCUT2D eigenvalue weighted by Crippen LogP contribution is -2.48. The summed E-state index contributed by atoms with van der Waals surface area (Å²) in [5.74, 6) is 0.884. The van der Waals surface area contributed by atoms with Crippen LogP contribution in [0.5, 0.6) is 5.75 Å². The highest BCUT2D eigenvalue weighted by molar-refractivity contribution is 5.92. The fraction of sp³-hybridized carbons (Fsp3) is 0.444. The van der Waals surface area contributed by atoms with Gasteiger partial charge in [-0.3, -0.25) is 9.48 Å². The number of hydrogen-bond acceptors (Lipinski definition) is 4. The Morgan fingerprint density at radius 3 is 2.46 bits per heavy atom. The van der Waals surface area contributed by atoms with Gasteiger partial charge in [0.2, 0.25) is 0 Å². The van der Waals surface area contributed by atoms with E-state index >= 15 is 0 Å². The van der Waals surface area contributed by atoms with Crippen LogP contribution in [-0.4, -0.2) is 53.9 Å². The highest BCUT2D eigenvalue weighted by atomic mass is 16.5. The van der Waals surface area contributed by atoms with E-state index in [1.807, 2.05) is 34.0 Å². The van der Waals surface area contributed by atoms with Crippen molar-refractivity contribution in [1.29, 1.82) is 0 Å². The normalized spacial score (nSPS) is 14.8. The van der Waals surface area contributed by atoms with Crippen molar-refractivity contribution in [2.24, 2.45) is 0 Å². The van der Waals surface area contributed by atoms with Crippen LogP contribution in [0.3, 0.4) is 0 Å². The van der Waals surface area contributed by atoms with E-state index in [0.29, 0.717) is 18.8 Å². The summed E-state index contributed by atoms with van der Waals surface area (Å²) in [6.07, 6.45) is 2.89. The van der Waals surface area contributed by atoms with E-state index in [1.165, 1.54) is 0 Å². The molecule has 2 heterocycles. The van der Waals surface area contributed by atoms with Crippen molar-refractivity contribution in [3.05, 3.63) is 42.2 Å². The number of carbonyl (C=O) groups excluding carboxylic acids is 1. The van der Waals surface area contributed by atoms with Crippen LogP contribution in [-0.2, 0) is 6.54 Å². The van der Waals surface area contributed by atoms with Crippen LogP contribution >= 0.6 is 0 Å². The summed E-state index contributed by atoms with van der Waals surface area (Å²) in [7, 11) is 1.67. The van der Waals surface area contributed by atoms with E-state index in [-0.39, 0.29) is 5.91 Å². The number of methoxy groups -OCH3 is 1. The first-order valence-corrected chi connectivity index (χ1v) is 8.43. The van der Waals surface area contributed by atoms with Gasteiger partial charge in [0.15, 0.2) is 0 Å². The third-order valence-electron chi connectivity index (χ3n) is 4.32. The van der Waals surface area contributed by atoms with Gasteiger partial charge in [0.05, 0.1) is 7.11 Å². The first kappa shape index (κ1) is 16.4. The molecule has 1 aromatic heterocycles. The molecule has 3 rings (SSSR count). The van der Waals surface area contributed by atoms with E-state index in [2.05, 4.69) is 29.1 Å². The molecule has 1 amide bonds. The number of carbonyl (C=O) groups is 1. The molecule has 0 aliphatic carbocycles. The number of piperazine rings is 1. The van der Waals surface area contributed by atoms with Crippen molar-refractivity contribution in [3.63, 3.8) is 0 Å². The molecule has 24 heavy (non-hydrogen) atoms. The van der Waals surface area contributed by atoms with Crippen molar-refractivity contribution in [3.8, 4) is 5.75 Å². The van der Waals surface area contributed by atoms with Gasteiger partial charge in [0.1, 0.15) is 11.4 Å². The van der Waals surface area contributed by atoms with Crippen molar-refractivity contribution in [2.75, 3.05) is 38.2 Å². The Morgan fingerprint density at radius 2 is 1.83 bits per heavy atom. The van der Waals surface area contributed by atoms with Gasteiger partial charge in [0.25, 0.3) is 5.91 Å². The molecular formula is C18H24N4O2. The number of rotatable bonds is 5. The van der Waals surface area contributed by atoms with E-state index in [0.717, 1.165) is 37.5 Å². The zero-order valence-electron chi connectivity index (χ0n) is 14.3. The molecule has 0 unspecified atom stereocenters. The van der Waals surface area contributed by atoms with Crippen LogP contribution in [0, 0.1) is 0 Å². The maximum Gasteiger partial charge on any atom is 0.274 e. The van der Waals surface area contributed by atoms with Gasteiger partial charge in [-0.2, -0.15) is 5.10 Å². The molecule has 6 heteroatoms. The minimum Gasteiger partial charge on any atom is -0.497 e. The molecule has 2 aromatic rings. The standard InChI is InChI=1S/C18H24N4O2/c1-3-9-22-10-8-17(19-22)18(23)21-13-11-20(12-14-21)15-4-6-16(24-2)7-5-15/h4-8,10H,3,9,11-14H2,1-2H3. The number of anilines is 1. The Hall–Kier alpha value is -2.50. The minimum absolute atomic E-state index is 0.0271. The molecule has 0 spiro atoms. The molecule has 0 N–H and O–H groups in total. The second kappa shape index (κ2) is 7.38. The van der Waals surface area contributed by atoms with Crippen LogP contribution in [0.4, 0.5) is 5.69 Å². The van der Waals surface area contributed by atoms with E-state index < -0.39 is 0 Å². The zero-order valence-corrected chi connectivity index (χ0v) is 14.3. The molecule has 1 aliphatic heterocycles. The Labute approximate surface area is 142 Å². The predicted octanol–water partition coefficient (Wildman–Crippen LogP) is 2.26. The molecule has 0 bridgehead atoms. The lowest BCUT2D eigenvalue weighted by atomic mass is 10.2. The number of aromatic nitrogens is 2. The maximum atomic E-state index is 12.6. The van der Waals surface area contributed by atoms with Gasteiger partial charge in [-0.1, -0.05) is 6.92 Å². The monoisotopic (exact) mass is 328 g/mol. The molecule has 1 saturated heterocycles. The Kier molecular flexibility index (Phi) is 5.03. The summed E-state index contributed by atoms with van der Waals surface area (Å²) in [4.78, 5) is 16.7. The van der Waals surface area contributed by atoms with Gasteiger partial charge in [-0.15, -0.1) is 0 Å². The molecule has 0 radical (unpaired) electrons.